The lowest BCUT2D eigenvalue weighted by Gasteiger charge is -2.23. The number of carboxylic acid groups (broad SMARTS) is 1. The first-order chi connectivity index (χ1) is 8.97. The topological polar surface area (TPSA) is 76.1 Å². The molecule has 19 heavy (non-hydrogen) atoms. The molecular weight excluding hydrogens is 250 g/mol. The zero-order valence-electron chi connectivity index (χ0n) is 11.8. The highest BCUT2D eigenvalue weighted by Crippen LogP contribution is 2.24. The fraction of sp³-hybridized carbons (Fsp3) is 0.846. The summed E-state index contributed by atoms with van der Waals surface area (Å²) >= 11 is 0. The van der Waals surface area contributed by atoms with E-state index < -0.39 is 5.97 Å². The van der Waals surface area contributed by atoms with Crippen molar-refractivity contribution in [3.63, 3.8) is 0 Å². The van der Waals surface area contributed by atoms with Gasteiger partial charge in [-0.2, -0.15) is 0 Å². The van der Waals surface area contributed by atoms with Crippen molar-refractivity contribution in [1.29, 1.82) is 0 Å². The van der Waals surface area contributed by atoms with Crippen molar-refractivity contribution >= 4 is 11.9 Å². The van der Waals surface area contributed by atoms with Gasteiger partial charge in [-0.3, -0.25) is 9.59 Å². The first-order valence-electron chi connectivity index (χ1n) is 6.54. The Balaban J connectivity index is 2.56. The number of methoxy groups -OCH3 is 2. The van der Waals surface area contributed by atoms with Crippen LogP contribution in [0.15, 0.2) is 0 Å². The molecule has 110 valence electrons. The minimum absolute atomic E-state index is 0.0188. The van der Waals surface area contributed by atoms with E-state index in [1.54, 1.807) is 19.1 Å². The molecule has 6 heteroatoms. The van der Waals surface area contributed by atoms with Crippen LogP contribution in [0.5, 0.6) is 0 Å². The first kappa shape index (κ1) is 15.9. The molecule has 0 saturated carbocycles. The van der Waals surface area contributed by atoms with Gasteiger partial charge in [-0.25, -0.2) is 0 Å². The Labute approximate surface area is 113 Å². The summed E-state index contributed by atoms with van der Waals surface area (Å²) in [5, 5.41) is 8.89. The van der Waals surface area contributed by atoms with Gasteiger partial charge in [0.25, 0.3) is 0 Å². The van der Waals surface area contributed by atoms with E-state index in [1.807, 2.05) is 6.92 Å². The largest absolute Gasteiger partial charge is 0.481 e. The van der Waals surface area contributed by atoms with E-state index >= 15 is 0 Å². The lowest BCUT2D eigenvalue weighted by Crippen LogP contribution is -2.37. The first-order valence-corrected chi connectivity index (χ1v) is 6.54. The van der Waals surface area contributed by atoms with Gasteiger partial charge < -0.3 is 19.5 Å². The second kappa shape index (κ2) is 7.45. The average molecular weight is 273 g/mol. The lowest BCUT2D eigenvalue weighted by atomic mass is 10.1. The summed E-state index contributed by atoms with van der Waals surface area (Å²) in [5.74, 6) is -0.903. The zero-order valence-corrected chi connectivity index (χ0v) is 11.8. The molecule has 1 N–H and O–H groups in total. The summed E-state index contributed by atoms with van der Waals surface area (Å²) in [6, 6.07) is -0.257. The zero-order chi connectivity index (χ0) is 14.4. The second-order valence-electron chi connectivity index (χ2n) is 4.98. The molecule has 3 atom stereocenters. The molecule has 6 nitrogen and oxygen atoms in total. The Hall–Kier alpha value is -1.14. The van der Waals surface area contributed by atoms with Gasteiger partial charge in [0.15, 0.2) is 0 Å². The molecule has 1 rings (SSSR count). The van der Waals surface area contributed by atoms with Crippen LogP contribution < -0.4 is 0 Å². The van der Waals surface area contributed by atoms with E-state index in [9.17, 15) is 9.59 Å². The quantitative estimate of drug-likeness (QED) is 0.745. The standard InChI is InChI=1S/C13H23NO5/c1-9(18-2)4-5-12(15)14-8-11(19-3)6-10(14)7-13(16)17/h9-11H,4-8H2,1-3H3,(H,16,17). The van der Waals surface area contributed by atoms with Crippen molar-refractivity contribution < 1.29 is 24.2 Å². The van der Waals surface area contributed by atoms with Gasteiger partial charge in [0.1, 0.15) is 0 Å². The van der Waals surface area contributed by atoms with Crippen LogP contribution in [0.1, 0.15) is 32.6 Å². The summed E-state index contributed by atoms with van der Waals surface area (Å²) in [7, 11) is 3.20. The summed E-state index contributed by atoms with van der Waals surface area (Å²) in [6.45, 7) is 2.39. The minimum Gasteiger partial charge on any atom is -0.481 e. The third-order valence-electron chi connectivity index (χ3n) is 3.61. The highest BCUT2D eigenvalue weighted by atomic mass is 16.5. The van der Waals surface area contributed by atoms with Crippen LogP contribution in [0.4, 0.5) is 0 Å². The van der Waals surface area contributed by atoms with Crippen LogP contribution in [-0.2, 0) is 19.1 Å². The van der Waals surface area contributed by atoms with Crippen LogP contribution in [0.2, 0.25) is 0 Å². The maximum Gasteiger partial charge on any atom is 0.305 e. The Bertz CT molecular complexity index is 320. The van der Waals surface area contributed by atoms with Crippen LogP contribution in [-0.4, -0.2) is 60.9 Å². The number of carboxylic acids is 1. The second-order valence-corrected chi connectivity index (χ2v) is 4.98. The molecule has 1 aliphatic heterocycles. The monoisotopic (exact) mass is 273 g/mol. The Kier molecular flexibility index (Phi) is 6.24. The maximum absolute atomic E-state index is 12.1. The highest BCUT2D eigenvalue weighted by Gasteiger charge is 2.36. The van der Waals surface area contributed by atoms with Crippen molar-refractivity contribution in [2.75, 3.05) is 20.8 Å². The third-order valence-corrected chi connectivity index (χ3v) is 3.61. The number of nitrogens with zero attached hydrogens (tertiary/aromatic N) is 1. The Morgan fingerprint density at radius 2 is 2.11 bits per heavy atom. The number of rotatable bonds is 7. The molecule has 1 amide bonds. The normalized spacial score (nSPS) is 24.5. The van der Waals surface area contributed by atoms with E-state index in [0.29, 0.717) is 25.8 Å². The molecule has 0 aromatic carbocycles. The number of carbonyl (C=O) groups is 2. The molecule has 1 fully saturated rings. The number of aliphatic carboxylic acids is 1. The van der Waals surface area contributed by atoms with Crippen LogP contribution >= 0.6 is 0 Å². The van der Waals surface area contributed by atoms with Crippen molar-refractivity contribution in [3.05, 3.63) is 0 Å². The smallest absolute Gasteiger partial charge is 0.305 e. The lowest BCUT2D eigenvalue weighted by molar-refractivity contribution is -0.140. The fourth-order valence-electron chi connectivity index (χ4n) is 2.33. The van der Waals surface area contributed by atoms with Gasteiger partial charge in [-0.1, -0.05) is 0 Å². The third kappa shape index (κ3) is 4.80. The number of hydrogen-bond donors (Lipinski definition) is 1. The van der Waals surface area contributed by atoms with Gasteiger partial charge in [0.05, 0.1) is 18.6 Å². The maximum atomic E-state index is 12.1. The van der Waals surface area contributed by atoms with Crippen molar-refractivity contribution in [2.24, 2.45) is 0 Å². The molecule has 0 aromatic rings. The fourth-order valence-corrected chi connectivity index (χ4v) is 2.33. The average Bonchev–Trinajstić information content (AvgIpc) is 2.77. The molecule has 3 unspecified atom stereocenters. The van der Waals surface area contributed by atoms with Gasteiger partial charge in [-0.15, -0.1) is 0 Å². The van der Waals surface area contributed by atoms with Gasteiger partial charge in [-0.05, 0) is 19.8 Å². The molecule has 0 spiro atoms. The molecule has 1 heterocycles. The van der Waals surface area contributed by atoms with Gasteiger partial charge in [0, 0.05) is 33.2 Å². The number of carbonyl (C=O) groups excluding carboxylic acids is 1. The summed E-state index contributed by atoms with van der Waals surface area (Å²) in [4.78, 5) is 24.6. The predicted octanol–water partition coefficient (Wildman–Crippen LogP) is 0.892. The minimum atomic E-state index is -0.884. The summed E-state index contributed by atoms with van der Waals surface area (Å²) in [6.07, 6.45) is 1.56. The van der Waals surface area contributed by atoms with Crippen LogP contribution in [0.25, 0.3) is 0 Å². The van der Waals surface area contributed by atoms with Gasteiger partial charge >= 0.3 is 5.97 Å². The van der Waals surface area contributed by atoms with Crippen molar-refractivity contribution in [1.82, 2.24) is 4.90 Å². The molecule has 0 bridgehead atoms. The molecule has 1 aliphatic rings. The molecule has 1 saturated heterocycles. The number of likely N-dealkylation sites (tertiary alicyclic amines) is 1. The number of hydrogen-bond acceptors (Lipinski definition) is 4. The van der Waals surface area contributed by atoms with Crippen LogP contribution in [0, 0.1) is 0 Å². The Morgan fingerprint density at radius 3 is 2.63 bits per heavy atom. The molecule has 0 aliphatic carbocycles. The summed E-state index contributed by atoms with van der Waals surface area (Å²) in [5.41, 5.74) is 0. The Morgan fingerprint density at radius 1 is 1.42 bits per heavy atom. The van der Waals surface area contributed by atoms with Gasteiger partial charge in [0.2, 0.25) is 5.91 Å². The summed E-state index contributed by atoms with van der Waals surface area (Å²) < 4.78 is 10.3. The molecule has 0 radical (unpaired) electrons. The predicted molar refractivity (Wildman–Crippen MR) is 68.9 cm³/mol. The molecular formula is C13H23NO5. The van der Waals surface area contributed by atoms with Crippen molar-refractivity contribution in [2.45, 2.75) is 50.9 Å². The molecule has 0 aromatic heterocycles. The van der Waals surface area contributed by atoms with E-state index in [2.05, 4.69) is 0 Å². The van der Waals surface area contributed by atoms with Crippen LogP contribution in [0.3, 0.4) is 0 Å². The number of ether oxygens (including phenoxy) is 2. The van der Waals surface area contributed by atoms with Crippen molar-refractivity contribution in [3.8, 4) is 0 Å². The highest BCUT2D eigenvalue weighted by molar-refractivity contribution is 5.78. The van der Waals surface area contributed by atoms with E-state index in [-0.39, 0.29) is 30.6 Å². The van der Waals surface area contributed by atoms with E-state index in [4.69, 9.17) is 14.6 Å². The SMILES string of the molecule is COC(C)CCC(=O)N1CC(OC)CC1CC(=O)O. The number of amides is 1. The van der Waals surface area contributed by atoms with E-state index in [0.717, 1.165) is 0 Å². The van der Waals surface area contributed by atoms with E-state index in [1.165, 1.54) is 0 Å².